The zero-order valence-electron chi connectivity index (χ0n) is 9.08. The fourth-order valence-electron chi connectivity index (χ4n) is 3.06. The standard InChI is InChI=1S/C12H20N2/c1-10(8-13)14-7-6-11-4-2-3-5-12(11)9-14/h10-12H,2-7,9H2,1H3. The number of likely N-dealkylation sites (tertiary alicyclic amines) is 1. The number of rotatable bonds is 1. The summed E-state index contributed by atoms with van der Waals surface area (Å²) in [6, 6.07) is 2.48. The Kier molecular flexibility index (Phi) is 3.08. The fourth-order valence-corrected chi connectivity index (χ4v) is 3.06. The molecule has 0 N–H and O–H groups in total. The summed E-state index contributed by atoms with van der Waals surface area (Å²) in [5.41, 5.74) is 0. The lowest BCUT2D eigenvalue weighted by Gasteiger charge is -2.42. The predicted molar refractivity (Wildman–Crippen MR) is 56.7 cm³/mol. The summed E-state index contributed by atoms with van der Waals surface area (Å²) in [4.78, 5) is 2.37. The molecule has 0 aromatic rings. The van der Waals surface area contributed by atoms with Crippen LogP contribution in [-0.4, -0.2) is 24.0 Å². The normalized spacial score (nSPS) is 35.7. The lowest BCUT2D eigenvalue weighted by Crippen LogP contribution is -2.45. The van der Waals surface area contributed by atoms with E-state index >= 15 is 0 Å². The Hall–Kier alpha value is -0.550. The molecule has 0 radical (unpaired) electrons. The summed E-state index contributed by atoms with van der Waals surface area (Å²) in [5, 5.41) is 8.89. The number of nitrogens with zero attached hydrogens (tertiary/aromatic N) is 2. The molecule has 0 aromatic heterocycles. The van der Waals surface area contributed by atoms with Gasteiger partial charge in [0.1, 0.15) is 0 Å². The van der Waals surface area contributed by atoms with Crippen LogP contribution in [0.2, 0.25) is 0 Å². The van der Waals surface area contributed by atoms with Gasteiger partial charge in [0.25, 0.3) is 0 Å². The molecule has 1 saturated heterocycles. The highest BCUT2D eigenvalue weighted by Crippen LogP contribution is 2.36. The Morgan fingerprint density at radius 3 is 2.64 bits per heavy atom. The summed E-state index contributed by atoms with van der Waals surface area (Å²) in [5.74, 6) is 1.87. The molecule has 1 aliphatic heterocycles. The van der Waals surface area contributed by atoms with Crippen LogP contribution < -0.4 is 0 Å². The maximum atomic E-state index is 8.89. The van der Waals surface area contributed by atoms with E-state index in [1.165, 1.54) is 38.6 Å². The number of hydrogen-bond donors (Lipinski definition) is 0. The second-order valence-corrected chi connectivity index (χ2v) is 4.89. The van der Waals surface area contributed by atoms with Gasteiger partial charge in [-0.2, -0.15) is 5.26 Å². The molecule has 3 unspecified atom stereocenters. The van der Waals surface area contributed by atoms with Crippen LogP contribution in [0.4, 0.5) is 0 Å². The number of hydrogen-bond acceptors (Lipinski definition) is 2. The van der Waals surface area contributed by atoms with E-state index in [4.69, 9.17) is 5.26 Å². The number of piperidine rings is 1. The Morgan fingerprint density at radius 1 is 1.21 bits per heavy atom. The Balaban J connectivity index is 1.93. The van der Waals surface area contributed by atoms with Crippen molar-refractivity contribution in [3.63, 3.8) is 0 Å². The Bertz CT molecular complexity index is 231. The summed E-state index contributed by atoms with van der Waals surface area (Å²) in [7, 11) is 0. The van der Waals surface area contributed by atoms with E-state index in [2.05, 4.69) is 11.0 Å². The summed E-state index contributed by atoms with van der Waals surface area (Å²) in [6.45, 7) is 4.36. The van der Waals surface area contributed by atoms with Gasteiger partial charge in [-0.1, -0.05) is 19.3 Å². The van der Waals surface area contributed by atoms with Crippen molar-refractivity contribution in [1.82, 2.24) is 4.90 Å². The van der Waals surface area contributed by atoms with Crippen LogP contribution in [0.25, 0.3) is 0 Å². The maximum Gasteiger partial charge on any atom is 0.0949 e. The van der Waals surface area contributed by atoms with E-state index in [-0.39, 0.29) is 6.04 Å². The van der Waals surface area contributed by atoms with Crippen LogP contribution in [0.5, 0.6) is 0 Å². The van der Waals surface area contributed by atoms with E-state index in [0.29, 0.717) is 0 Å². The molecule has 14 heavy (non-hydrogen) atoms. The highest BCUT2D eigenvalue weighted by atomic mass is 15.2. The Morgan fingerprint density at radius 2 is 1.93 bits per heavy atom. The lowest BCUT2D eigenvalue weighted by molar-refractivity contribution is 0.0757. The van der Waals surface area contributed by atoms with E-state index in [9.17, 15) is 0 Å². The smallest absolute Gasteiger partial charge is 0.0949 e. The van der Waals surface area contributed by atoms with E-state index in [1.54, 1.807) is 0 Å². The van der Waals surface area contributed by atoms with Gasteiger partial charge in [0.15, 0.2) is 0 Å². The minimum Gasteiger partial charge on any atom is -0.288 e. The highest BCUT2D eigenvalue weighted by Gasteiger charge is 2.32. The van der Waals surface area contributed by atoms with Crippen molar-refractivity contribution in [3.05, 3.63) is 0 Å². The average molecular weight is 192 g/mol. The predicted octanol–water partition coefficient (Wildman–Crippen LogP) is 2.41. The van der Waals surface area contributed by atoms with Gasteiger partial charge in [-0.3, -0.25) is 4.90 Å². The van der Waals surface area contributed by atoms with Crippen molar-refractivity contribution >= 4 is 0 Å². The minimum atomic E-state index is 0.123. The molecule has 1 saturated carbocycles. The van der Waals surface area contributed by atoms with Crippen molar-refractivity contribution in [2.45, 2.75) is 45.1 Å². The molecule has 0 bridgehead atoms. The fraction of sp³-hybridized carbons (Fsp3) is 0.917. The molecule has 3 atom stereocenters. The summed E-state index contributed by atoms with van der Waals surface area (Å²) >= 11 is 0. The van der Waals surface area contributed by atoms with Gasteiger partial charge in [0.05, 0.1) is 12.1 Å². The largest absolute Gasteiger partial charge is 0.288 e. The third kappa shape index (κ3) is 1.93. The average Bonchev–Trinajstić information content (AvgIpc) is 2.27. The molecule has 2 nitrogen and oxygen atoms in total. The zero-order valence-corrected chi connectivity index (χ0v) is 9.08. The first-order valence-corrected chi connectivity index (χ1v) is 5.95. The number of fused-ring (bicyclic) bond motifs is 1. The van der Waals surface area contributed by atoms with Crippen LogP contribution in [0, 0.1) is 23.2 Å². The molecular formula is C12H20N2. The molecule has 2 heteroatoms. The molecule has 78 valence electrons. The Labute approximate surface area is 86.9 Å². The van der Waals surface area contributed by atoms with Gasteiger partial charge in [0, 0.05) is 6.54 Å². The van der Waals surface area contributed by atoms with Crippen LogP contribution in [0.15, 0.2) is 0 Å². The topological polar surface area (TPSA) is 27.0 Å². The van der Waals surface area contributed by atoms with Gasteiger partial charge in [0.2, 0.25) is 0 Å². The van der Waals surface area contributed by atoms with E-state index in [0.717, 1.165) is 18.4 Å². The van der Waals surface area contributed by atoms with Gasteiger partial charge in [-0.25, -0.2) is 0 Å². The van der Waals surface area contributed by atoms with Crippen molar-refractivity contribution in [1.29, 1.82) is 5.26 Å². The molecule has 1 heterocycles. The summed E-state index contributed by atoms with van der Waals surface area (Å²) < 4.78 is 0. The molecule has 0 amide bonds. The van der Waals surface area contributed by atoms with Crippen LogP contribution in [0.1, 0.15) is 39.0 Å². The minimum absolute atomic E-state index is 0.123. The quantitative estimate of drug-likeness (QED) is 0.638. The molecule has 2 fully saturated rings. The molecular weight excluding hydrogens is 172 g/mol. The van der Waals surface area contributed by atoms with Gasteiger partial charge < -0.3 is 0 Å². The second-order valence-electron chi connectivity index (χ2n) is 4.89. The molecule has 2 rings (SSSR count). The zero-order chi connectivity index (χ0) is 9.97. The molecule has 0 aromatic carbocycles. The van der Waals surface area contributed by atoms with Crippen molar-refractivity contribution in [2.75, 3.05) is 13.1 Å². The third-order valence-electron chi connectivity index (χ3n) is 4.06. The van der Waals surface area contributed by atoms with Crippen LogP contribution >= 0.6 is 0 Å². The second kappa shape index (κ2) is 4.31. The van der Waals surface area contributed by atoms with Crippen molar-refractivity contribution in [2.24, 2.45) is 11.8 Å². The van der Waals surface area contributed by atoms with Crippen LogP contribution in [0.3, 0.4) is 0 Å². The molecule has 0 spiro atoms. The van der Waals surface area contributed by atoms with Crippen LogP contribution in [-0.2, 0) is 0 Å². The molecule has 1 aliphatic carbocycles. The first-order chi connectivity index (χ1) is 6.81. The summed E-state index contributed by atoms with van der Waals surface area (Å²) in [6.07, 6.45) is 7.03. The van der Waals surface area contributed by atoms with Gasteiger partial charge in [-0.15, -0.1) is 0 Å². The molecule has 2 aliphatic rings. The SMILES string of the molecule is CC(C#N)N1CCC2CCCCC2C1. The van der Waals surface area contributed by atoms with E-state index in [1.807, 2.05) is 6.92 Å². The van der Waals surface area contributed by atoms with Crippen molar-refractivity contribution < 1.29 is 0 Å². The maximum absolute atomic E-state index is 8.89. The third-order valence-corrected chi connectivity index (χ3v) is 4.06. The first-order valence-electron chi connectivity index (χ1n) is 5.95. The van der Waals surface area contributed by atoms with E-state index < -0.39 is 0 Å². The lowest BCUT2D eigenvalue weighted by atomic mass is 9.75. The monoisotopic (exact) mass is 192 g/mol. The van der Waals surface area contributed by atoms with Crippen molar-refractivity contribution in [3.8, 4) is 6.07 Å². The van der Waals surface area contributed by atoms with Gasteiger partial charge in [-0.05, 0) is 38.1 Å². The van der Waals surface area contributed by atoms with Gasteiger partial charge >= 0.3 is 0 Å². The highest BCUT2D eigenvalue weighted by molar-refractivity contribution is 4.93. The number of nitriles is 1. The first kappa shape index (κ1) is 9.98.